The van der Waals surface area contributed by atoms with E-state index in [4.69, 9.17) is 6.42 Å². The highest BCUT2D eigenvalue weighted by atomic mass is 15.1. The monoisotopic (exact) mass is 288 g/mol. The summed E-state index contributed by atoms with van der Waals surface area (Å²) >= 11 is 0. The molecule has 0 unspecified atom stereocenters. The summed E-state index contributed by atoms with van der Waals surface area (Å²) in [5.74, 6) is 2.74. The van der Waals surface area contributed by atoms with E-state index >= 15 is 0 Å². The summed E-state index contributed by atoms with van der Waals surface area (Å²) in [6.07, 6.45) is 20.5. The highest BCUT2D eigenvalue weighted by Crippen LogP contribution is 2.36. The number of unbranched alkanes of at least 4 members (excludes halogenated alkanes) is 6. The van der Waals surface area contributed by atoms with Gasteiger partial charge in [0.05, 0.1) is 0 Å². The summed E-state index contributed by atoms with van der Waals surface area (Å²) < 4.78 is 0. The lowest BCUT2D eigenvalue weighted by Gasteiger charge is -2.29. The first-order valence-electron chi connectivity index (χ1n) is 8.68. The first-order valence-corrected chi connectivity index (χ1v) is 8.68. The fourth-order valence-electron chi connectivity index (χ4n) is 3.14. The first-order chi connectivity index (χ1) is 10.2. The summed E-state index contributed by atoms with van der Waals surface area (Å²) in [6, 6.07) is 0. The predicted molar refractivity (Wildman–Crippen MR) is 91.4 cm³/mol. The molecule has 1 heterocycles. The van der Waals surface area contributed by atoms with Crippen LogP contribution in [0, 0.1) is 12.3 Å². The smallest absolute Gasteiger partial charge is 0.138 e. The molecule has 21 heavy (non-hydrogen) atoms. The first kappa shape index (κ1) is 17.8. The van der Waals surface area contributed by atoms with Crippen LogP contribution in [-0.2, 0) is 5.41 Å². The van der Waals surface area contributed by atoms with Crippen molar-refractivity contribution in [3.05, 3.63) is 17.5 Å². The van der Waals surface area contributed by atoms with E-state index in [1.165, 1.54) is 69.8 Å². The average molecular weight is 288 g/mol. The van der Waals surface area contributed by atoms with Gasteiger partial charge in [-0.3, -0.25) is 5.10 Å². The Bertz CT molecular complexity index is 413. The molecule has 2 nitrogen and oxygen atoms in total. The third-order valence-corrected chi connectivity index (χ3v) is 4.59. The van der Waals surface area contributed by atoms with E-state index in [0.29, 0.717) is 0 Å². The van der Waals surface area contributed by atoms with Crippen LogP contribution in [0.5, 0.6) is 0 Å². The van der Waals surface area contributed by atoms with Crippen molar-refractivity contribution < 1.29 is 0 Å². The maximum Gasteiger partial charge on any atom is 0.138 e. The number of hydrogen-bond donors (Lipinski definition) is 1. The number of terminal acetylenes is 1. The van der Waals surface area contributed by atoms with E-state index in [9.17, 15) is 0 Å². The summed E-state index contributed by atoms with van der Waals surface area (Å²) in [7, 11) is 0. The highest BCUT2D eigenvalue weighted by Gasteiger charge is 2.29. The second-order valence-corrected chi connectivity index (χ2v) is 6.47. The standard InChI is InChI=1S/C19H32N2/c1-5-8-10-12-14-19(4,15-13-11-9-6-2)17-16-20-21-18(17)7-3/h3,16H,5-6,8-15H2,1-2,4H3,(H,20,21). The largest absolute Gasteiger partial charge is 0.284 e. The molecule has 0 bridgehead atoms. The minimum absolute atomic E-state index is 0.177. The van der Waals surface area contributed by atoms with Crippen LogP contribution in [0.2, 0.25) is 0 Å². The number of aromatic nitrogens is 2. The van der Waals surface area contributed by atoms with Crippen LogP contribution in [-0.4, -0.2) is 10.2 Å². The Morgan fingerprint density at radius 3 is 2.10 bits per heavy atom. The van der Waals surface area contributed by atoms with Gasteiger partial charge in [0.25, 0.3) is 0 Å². The van der Waals surface area contributed by atoms with Crippen LogP contribution < -0.4 is 0 Å². The molecule has 1 aromatic rings. The quantitative estimate of drug-likeness (QED) is 0.417. The lowest BCUT2D eigenvalue weighted by molar-refractivity contribution is 0.363. The van der Waals surface area contributed by atoms with Crippen molar-refractivity contribution in [2.45, 2.75) is 90.4 Å². The van der Waals surface area contributed by atoms with Crippen LogP contribution in [0.1, 0.15) is 96.2 Å². The Morgan fingerprint density at radius 2 is 1.62 bits per heavy atom. The third kappa shape index (κ3) is 5.58. The molecule has 1 aromatic heterocycles. The Balaban J connectivity index is 2.71. The van der Waals surface area contributed by atoms with Crippen molar-refractivity contribution in [1.29, 1.82) is 0 Å². The van der Waals surface area contributed by atoms with Crippen molar-refractivity contribution in [3.8, 4) is 12.3 Å². The molecule has 2 heteroatoms. The van der Waals surface area contributed by atoms with Gasteiger partial charge in [0.2, 0.25) is 0 Å². The molecular formula is C19H32N2. The molecule has 0 aliphatic heterocycles. The third-order valence-electron chi connectivity index (χ3n) is 4.59. The van der Waals surface area contributed by atoms with Crippen molar-refractivity contribution >= 4 is 0 Å². The average Bonchev–Trinajstić information content (AvgIpc) is 2.97. The van der Waals surface area contributed by atoms with Crippen molar-refractivity contribution in [3.63, 3.8) is 0 Å². The minimum Gasteiger partial charge on any atom is -0.284 e. The van der Waals surface area contributed by atoms with Gasteiger partial charge in [-0.2, -0.15) is 5.10 Å². The zero-order valence-corrected chi connectivity index (χ0v) is 14.2. The van der Waals surface area contributed by atoms with Gasteiger partial charge >= 0.3 is 0 Å². The molecule has 0 radical (unpaired) electrons. The zero-order chi connectivity index (χ0) is 15.6. The van der Waals surface area contributed by atoms with Gasteiger partial charge in [0.1, 0.15) is 5.69 Å². The molecule has 0 atom stereocenters. The summed E-state index contributed by atoms with van der Waals surface area (Å²) in [4.78, 5) is 0. The molecule has 0 aliphatic rings. The summed E-state index contributed by atoms with van der Waals surface area (Å²) in [5, 5.41) is 7.19. The topological polar surface area (TPSA) is 28.7 Å². The van der Waals surface area contributed by atoms with Gasteiger partial charge in [0.15, 0.2) is 0 Å². The number of nitrogens with one attached hydrogen (secondary N) is 1. The van der Waals surface area contributed by atoms with E-state index in [1.54, 1.807) is 0 Å². The Hall–Kier alpha value is -1.23. The summed E-state index contributed by atoms with van der Waals surface area (Å²) in [5.41, 5.74) is 2.23. The number of hydrogen-bond acceptors (Lipinski definition) is 1. The second kappa shape index (κ2) is 9.66. The van der Waals surface area contributed by atoms with E-state index in [2.05, 4.69) is 36.9 Å². The fourth-order valence-corrected chi connectivity index (χ4v) is 3.14. The van der Waals surface area contributed by atoms with Gasteiger partial charge in [0, 0.05) is 11.8 Å². The predicted octanol–water partition coefficient (Wildman–Crippen LogP) is 5.59. The molecule has 0 aliphatic carbocycles. The normalized spacial score (nSPS) is 11.5. The van der Waals surface area contributed by atoms with Gasteiger partial charge in [-0.25, -0.2) is 0 Å². The van der Waals surface area contributed by atoms with E-state index in [-0.39, 0.29) is 5.41 Å². The second-order valence-electron chi connectivity index (χ2n) is 6.47. The number of nitrogens with zero attached hydrogens (tertiary/aromatic N) is 1. The molecule has 0 saturated heterocycles. The zero-order valence-electron chi connectivity index (χ0n) is 14.2. The molecule has 0 amide bonds. The Kier molecular flexibility index (Phi) is 8.20. The van der Waals surface area contributed by atoms with Crippen molar-refractivity contribution in [1.82, 2.24) is 10.2 Å². The molecule has 1 rings (SSSR count). The fraction of sp³-hybridized carbons (Fsp3) is 0.737. The van der Waals surface area contributed by atoms with Crippen molar-refractivity contribution in [2.24, 2.45) is 0 Å². The Labute approximate surface area is 131 Å². The highest BCUT2D eigenvalue weighted by molar-refractivity contribution is 5.37. The maximum absolute atomic E-state index is 5.61. The van der Waals surface area contributed by atoms with Crippen LogP contribution in [0.15, 0.2) is 6.20 Å². The molecule has 0 aromatic carbocycles. The van der Waals surface area contributed by atoms with E-state index in [0.717, 1.165) is 5.69 Å². The van der Waals surface area contributed by atoms with Crippen LogP contribution >= 0.6 is 0 Å². The SMILES string of the molecule is C#Cc1n[nH]cc1C(C)(CCCCCC)CCCCCC. The van der Waals surface area contributed by atoms with E-state index < -0.39 is 0 Å². The van der Waals surface area contributed by atoms with Crippen LogP contribution in [0.25, 0.3) is 0 Å². The number of H-pyrrole nitrogens is 1. The van der Waals surface area contributed by atoms with E-state index in [1.807, 2.05) is 6.20 Å². The molecule has 0 spiro atoms. The van der Waals surface area contributed by atoms with Crippen LogP contribution in [0.3, 0.4) is 0 Å². The molecular weight excluding hydrogens is 256 g/mol. The Morgan fingerprint density at radius 1 is 1.05 bits per heavy atom. The lowest BCUT2D eigenvalue weighted by atomic mass is 9.74. The minimum atomic E-state index is 0.177. The van der Waals surface area contributed by atoms with Gasteiger partial charge < -0.3 is 0 Å². The number of aromatic amines is 1. The molecule has 0 saturated carbocycles. The molecule has 118 valence electrons. The molecule has 0 fully saturated rings. The lowest BCUT2D eigenvalue weighted by Crippen LogP contribution is -2.22. The van der Waals surface area contributed by atoms with Gasteiger partial charge in [-0.05, 0) is 24.2 Å². The van der Waals surface area contributed by atoms with Crippen molar-refractivity contribution in [2.75, 3.05) is 0 Å². The molecule has 1 N–H and O–H groups in total. The summed E-state index contributed by atoms with van der Waals surface area (Å²) in [6.45, 7) is 6.89. The van der Waals surface area contributed by atoms with Gasteiger partial charge in [-0.15, -0.1) is 6.42 Å². The number of rotatable bonds is 11. The van der Waals surface area contributed by atoms with Crippen LogP contribution in [0.4, 0.5) is 0 Å². The maximum atomic E-state index is 5.61. The van der Waals surface area contributed by atoms with Gasteiger partial charge in [-0.1, -0.05) is 72.1 Å².